The molecule has 2 aromatic carbocycles. The van der Waals surface area contributed by atoms with Crippen LogP contribution in [0.25, 0.3) is 0 Å². The van der Waals surface area contributed by atoms with Gasteiger partial charge < -0.3 is 10.5 Å². The summed E-state index contributed by atoms with van der Waals surface area (Å²) >= 11 is 5.67. The molecule has 0 aliphatic rings. The molecule has 0 saturated carbocycles. The molecule has 106 valence electrons. The van der Waals surface area contributed by atoms with Crippen LogP contribution in [0.2, 0.25) is 5.02 Å². The molecule has 2 nitrogen and oxygen atoms in total. The molecule has 2 rings (SSSR count). The Kier molecular flexibility index (Phi) is 4.57. The lowest BCUT2D eigenvalue weighted by molar-refractivity contribution is 0.294. The zero-order chi connectivity index (χ0) is 14.7. The Morgan fingerprint density at radius 2 is 1.95 bits per heavy atom. The van der Waals surface area contributed by atoms with Gasteiger partial charge in [0.15, 0.2) is 0 Å². The van der Waals surface area contributed by atoms with E-state index in [0.29, 0.717) is 21.9 Å². The van der Waals surface area contributed by atoms with Gasteiger partial charge in [0, 0.05) is 28.3 Å². The first kappa shape index (κ1) is 14.8. The van der Waals surface area contributed by atoms with Gasteiger partial charge in [-0.25, -0.2) is 8.78 Å². The van der Waals surface area contributed by atoms with Crippen LogP contribution >= 0.6 is 11.6 Å². The van der Waals surface area contributed by atoms with Gasteiger partial charge in [0.2, 0.25) is 0 Å². The highest BCUT2D eigenvalue weighted by atomic mass is 35.5. The zero-order valence-corrected chi connectivity index (χ0v) is 11.6. The largest absolute Gasteiger partial charge is 0.488 e. The normalized spacial score (nSPS) is 12.2. The minimum atomic E-state index is -0.462. The lowest BCUT2D eigenvalue weighted by Gasteiger charge is -2.14. The molecule has 2 N–H and O–H groups in total. The fourth-order valence-electron chi connectivity index (χ4n) is 1.80. The predicted octanol–water partition coefficient (Wildman–Crippen LogP) is 4.22. The van der Waals surface area contributed by atoms with Gasteiger partial charge >= 0.3 is 0 Å². The van der Waals surface area contributed by atoms with Crippen LogP contribution in [0.4, 0.5) is 8.78 Å². The van der Waals surface area contributed by atoms with Crippen molar-refractivity contribution in [3.8, 4) is 5.75 Å². The molecule has 0 radical (unpaired) electrons. The predicted molar refractivity (Wildman–Crippen MR) is 74.7 cm³/mol. The molecule has 0 spiro atoms. The summed E-state index contributed by atoms with van der Waals surface area (Å²) in [6, 6.07) is 8.12. The van der Waals surface area contributed by atoms with E-state index in [1.807, 2.05) is 0 Å². The van der Waals surface area contributed by atoms with E-state index in [9.17, 15) is 8.78 Å². The van der Waals surface area contributed by atoms with E-state index in [0.717, 1.165) is 0 Å². The van der Waals surface area contributed by atoms with Crippen molar-refractivity contribution in [3.63, 3.8) is 0 Å². The Labute approximate surface area is 121 Å². The zero-order valence-electron chi connectivity index (χ0n) is 10.9. The van der Waals surface area contributed by atoms with Crippen molar-refractivity contribution in [2.75, 3.05) is 0 Å². The third-order valence-electron chi connectivity index (χ3n) is 2.86. The molecule has 0 heterocycles. The molecule has 0 saturated heterocycles. The quantitative estimate of drug-likeness (QED) is 0.917. The standard InChI is InChI=1S/C15H14ClF2NO/c1-9(19)13-5-4-12(17)7-15(13)20-8-10-2-3-11(16)6-14(10)18/h2-7,9H,8,19H2,1H3/t9-/m0/s1. The van der Waals surface area contributed by atoms with Crippen molar-refractivity contribution < 1.29 is 13.5 Å². The smallest absolute Gasteiger partial charge is 0.131 e. The van der Waals surface area contributed by atoms with Gasteiger partial charge in [-0.1, -0.05) is 23.7 Å². The highest BCUT2D eigenvalue weighted by Gasteiger charge is 2.11. The summed E-state index contributed by atoms with van der Waals surface area (Å²) in [5.74, 6) is -0.577. The van der Waals surface area contributed by atoms with Crippen molar-refractivity contribution in [1.82, 2.24) is 0 Å². The van der Waals surface area contributed by atoms with E-state index in [-0.39, 0.29) is 12.6 Å². The third-order valence-corrected chi connectivity index (χ3v) is 3.10. The SMILES string of the molecule is C[C@H](N)c1ccc(F)cc1OCc1ccc(Cl)cc1F. The Bertz CT molecular complexity index is 617. The number of nitrogens with two attached hydrogens (primary N) is 1. The number of hydrogen-bond donors (Lipinski definition) is 1. The van der Waals surface area contributed by atoms with E-state index in [1.165, 1.54) is 24.3 Å². The Morgan fingerprint density at radius 3 is 2.60 bits per heavy atom. The van der Waals surface area contributed by atoms with Crippen LogP contribution in [0, 0.1) is 11.6 Å². The summed E-state index contributed by atoms with van der Waals surface area (Å²) in [5.41, 5.74) is 6.80. The van der Waals surface area contributed by atoms with E-state index in [4.69, 9.17) is 22.1 Å². The Balaban J connectivity index is 2.20. The maximum atomic E-state index is 13.6. The van der Waals surface area contributed by atoms with Crippen molar-refractivity contribution in [1.29, 1.82) is 0 Å². The second kappa shape index (κ2) is 6.20. The molecular weight excluding hydrogens is 284 g/mol. The molecule has 0 aliphatic carbocycles. The lowest BCUT2D eigenvalue weighted by atomic mass is 10.1. The Hall–Kier alpha value is -1.65. The first-order valence-corrected chi connectivity index (χ1v) is 6.47. The summed E-state index contributed by atoms with van der Waals surface area (Å²) < 4.78 is 32.4. The van der Waals surface area contributed by atoms with Crippen LogP contribution in [0.1, 0.15) is 24.1 Å². The number of rotatable bonds is 4. The molecule has 1 atom stereocenters. The van der Waals surface area contributed by atoms with Gasteiger partial charge in [0.25, 0.3) is 0 Å². The summed E-state index contributed by atoms with van der Waals surface area (Å²) in [7, 11) is 0. The van der Waals surface area contributed by atoms with Gasteiger partial charge in [-0.2, -0.15) is 0 Å². The van der Waals surface area contributed by atoms with Gasteiger partial charge in [0.05, 0.1) is 0 Å². The van der Waals surface area contributed by atoms with Gasteiger partial charge in [-0.05, 0) is 25.1 Å². The lowest BCUT2D eigenvalue weighted by Crippen LogP contribution is -2.09. The highest BCUT2D eigenvalue weighted by molar-refractivity contribution is 6.30. The molecule has 2 aromatic rings. The van der Waals surface area contributed by atoms with E-state index in [1.54, 1.807) is 19.1 Å². The van der Waals surface area contributed by atoms with Crippen molar-refractivity contribution in [2.24, 2.45) is 5.73 Å². The van der Waals surface area contributed by atoms with E-state index < -0.39 is 11.6 Å². The first-order chi connectivity index (χ1) is 9.47. The van der Waals surface area contributed by atoms with Crippen molar-refractivity contribution >= 4 is 11.6 Å². The van der Waals surface area contributed by atoms with Crippen LogP contribution in [0.15, 0.2) is 36.4 Å². The maximum Gasteiger partial charge on any atom is 0.131 e. The van der Waals surface area contributed by atoms with Crippen LogP contribution in [-0.4, -0.2) is 0 Å². The average molecular weight is 298 g/mol. The van der Waals surface area contributed by atoms with Crippen molar-refractivity contribution in [3.05, 3.63) is 64.2 Å². The van der Waals surface area contributed by atoms with E-state index in [2.05, 4.69) is 0 Å². The molecule has 0 unspecified atom stereocenters. The van der Waals surface area contributed by atoms with Crippen molar-refractivity contribution in [2.45, 2.75) is 19.6 Å². The molecular formula is C15H14ClF2NO. The van der Waals surface area contributed by atoms with Crippen LogP contribution in [0.5, 0.6) is 5.75 Å². The molecule has 0 fully saturated rings. The second-order valence-corrected chi connectivity index (χ2v) is 4.93. The summed E-state index contributed by atoms with van der Waals surface area (Å²) in [4.78, 5) is 0. The summed E-state index contributed by atoms with van der Waals surface area (Å²) in [6.07, 6.45) is 0. The number of hydrogen-bond acceptors (Lipinski definition) is 2. The number of benzene rings is 2. The van der Waals surface area contributed by atoms with E-state index >= 15 is 0 Å². The average Bonchev–Trinajstić information content (AvgIpc) is 2.37. The molecule has 5 heteroatoms. The van der Waals surface area contributed by atoms with Gasteiger partial charge in [-0.3, -0.25) is 0 Å². The minimum Gasteiger partial charge on any atom is -0.488 e. The fraction of sp³-hybridized carbons (Fsp3) is 0.200. The molecule has 0 aliphatic heterocycles. The summed E-state index contributed by atoms with van der Waals surface area (Å²) in [5, 5.41) is 0.313. The van der Waals surface area contributed by atoms with Crippen LogP contribution in [-0.2, 0) is 6.61 Å². The van der Waals surface area contributed by atoms with Gasteiger partial charge in [-0.15, -0.1) is 0 Å². The minimum absolute atomic E-state index is 0.0217. The Morgan fingerprint density at radius 1 is 1.20 bits per heavy atom. The molecule has 20 heavy (non-hydrogen) atoms. The first-order valence-electron chi connectivity index (χ1n) is 6.09. The topological polar surface area (TPSA) is 35.2 Å². The molecule has 0 bridgehead atoms. The van der Waals surface area contributed by atoms with Crippen LogP contribution in [0.3, 0.4) is 0 Å². The van der Waals surface area contributed by atoms with Gasteiger partial charge in [0.1, 0.15) is 24.0 Å². The molecule has 0 amide bonds. The monoisotopic (exact) mass is 297 g/mol. The highest BCUT2D eigenvalue weighted by Crippen LogP contribution is 2.26. The molecule has 0 aromatic heterocycles. The van der Waals surface area contributed by atoms with Crippen LogP contribution < -0.4 is 10.5 Å². The fourth-order valence-corrected chi connectivity index (χ4v) is 1.96. The number of ether oxygens (including phenoxy) is 1. The number of halogens is 3. The third kappa shape index (κ3) is 3.46. The summed E-state index contributed by atoms with van der Waals surface area (Å²) in [6.45, 7) is 1.75. The maximum absolute atomic E-state index is 13.6. The second-order valence-electron chi connectivity index (χ2n) is 4.50.